The van der Waals surface area contributed by atoms with E-state index >= 15 is 0 Å². The summed E-state index contributed by atoms with van der Waals surface area (Å²) in [5, 5.41) is 3.16. The highest BCUT2D eigenvalue weighted by Gasteiger charge is 2.12. The molecule has 1 aliphatic heterocycles. The summed E-state index contributed by atoms with van der Waals surface area (Å²) in [5.41, 5.74) is 0.474. The molecule has 18 heavy (non-hydrogen) atoms. The lowest BCUT2D eigenvalue weighted by Gasteiger charge is -2.19. The first kappa shape index (κ1) is 10.6. The predicted molar refractivity (Wildman–Crippen MR) is 66.6 cm³/mol. The second-order valence-corrected chi connectivity index (χ2v) is 3.91. The monoisotopic (exact) mass is 245 g/mol. The van der Waals surface area contributed by atoms with E-state index in [0.717, 1.165) is 16.0 Å². The Bertz CT molecular complexity index is 674. The van der Waals surface area contributed by atoms with Crippen molar-refractivity contribution in [3.63, 3.8) is 0 Å². The summed E-state index contributed by atoms with van der Waals surface area (Å²) >= 11 is 0. The summed E-state index contributed by atoms with van der Waals surface area (Å²) in [7, 11) is 0. The SMILES string of the molecule is O=c1cc[nH]c(=O)n1-c1ccc2c(c1)NCCO2. The Labute approximate surface area is 102 Å². The molecule has 1 aromatic heterocycles. The summed E-state index contributed by atoms with van der Waals surface area (Å²) in [6.45, 7) is 1.31. The van der Waals surface area contributed by atoms with Crippen molar-refractivity contribution < 1.29 is 4.74 Å². The maximum Gasteiger partial charge on any atom is 0.332 e. The third-order valence-corrected chi connectivity index (χ3v) is 2.75. The zero-order valence-electron chi connectivity index (χ0n) is 9.47. The largest absolute Gasteiger partial charge is 0.490 e. The van der Waals surface area contributed by atoms with Crippen molar-refractivity contribution in [2.75, 3.05) is 18.5 Å². The molecule has 0 atom stereocenters. The maximum atomic E-state index is 11.7. The van der Waals surface area contributed by atoms with Crippen molar-refractivity contribution in [2.24, 2.45) is 0 Å². The van der Waals surface area contributed by atoms with E-state index in [1.54, 1.807) is 18.2 Å². The Morgan fingerprint density at radius 1 is 1.22 bits per heavy atom. The Balaban J connectivity index is 2.18. The first-order valence-electron chi connectivity index (χ1n) is 5.57. The molecule has 2 aromatic rings. The van der Waals surface area contributed by atoms with Gasteiger partial charge in [-0.1, -0.05) is 0 Å². The number of fused-ring (bicyclic) bond motifs is 1. The standard InChI is InChI=1S/C12H11N3O3/c16-11-3-4-14-12(17)15(11)8-1-2-10-9(7-8)13-5-6-18-10/h1-4,7,13H,5-6H2,(H,14,17). The molecule has 92 valence electrons. The van der Waals surface area contributed by atoms with Crippen LogP contribution in [0, 0.1) is 0 Å². The molecule has 0 aliphatic carbocycles. The number of hydrogen-bond acceptors (Lipinski definition) is 4. The first-order valence-corrected chi connectivity index (χ1v) is 5.57. The van der Waals surface area contributed by atoms with E-state index in [1.165, 1.54) is 12.3 Å². The fourth-order valence-corrected chi connectivity index (χ4v) is 1.94. The lowest BCUT2D eigenvalue weighted by atomic mass is 10.2. The predicted octanol–water partition coefficient (Wildman–Crippen LogP) is 0.330. The minimum absolute atomic E-state index is 0.365. The summed E-state index contributed by atoms with van der Waals surface area (Å²) < 4.78 is 6.52. The molecule has 6 heteroatoms. The van der Waals surface area contributed by atoms with Crippen LogP contribution < -0.4 is 21.3 Å². The van der Waals surface area contributed by atoms with Crippen molar-refractivity contribution in [2.45, 2.75) is 0 Å². The Kier molecular flexibility index (Phi) is 2.40. The van der Waals surface area contributed by atoms with E-state index < -0.39 is 5.69 Å². The van der Waals surface area contributed by atoms with Gasteiger partial charge in [0.2, 0.25) is 0 Å². The highest BCUT2D eigenvalue weighted by molar-refractivity contribution is 5.62. The van der Waals surface area contributed by atoms with Crippen LogP contribution in [-0.4, -0.2) is 22.7 Å². The van der Waals surface area contributed by atoms with Crippen LogP contribution in [0.2, 0.25) is 0 Å². The van der Waals surface area contributed by atoms with E-state index in [2.05, 4.69) is 10.3 Å². The molecule has 1 aromatic carbocycles. The highest BCUT2D eigenvalue weighted by Crippen LogP contribution is 2.28. The van der Waals surface area contributed by atoms with Crippen molar-refractivity contribution in [3.05, 3.63) is 51.3 Å². The summed E-state index contributed by atoms with van der Waals surface area (Å²) in [4.78, 5) is 25.8. The third-order valence-electron chi connectivity index (χ3n) is 2.75. The first-order chi connectivity index (χ1) is 8.75. The van der Waals surface area contributed by atoms with Gasteiger partial charge in [-0.05, 0) is 18.2 Å². The summed E-state index contributed by atoms with van der Waals surface area (Å²) in [5.74, 6) is 0.727. The minimum Gasteiger partial charge on any atom is -0.490 e. The third kappa shape index (κ3) is 1.67. The van der Waals surface area contributed by atoms with E-state index in [9.17, 15) is 9.59 Å². The van der Waals surface area contributed by atoms with Crippen molar-refractivity contribution in [1.29, 1.82) is 0 Å². The number of rotatable bonds is 1. The molecule has 2 N–H and O–H groups in total. The number of benzene rings is 1. The average Bonchev–Trinajstić information content (AvgIpc) is 2.38. The van der Waals surface area contributed by atoms with Crippen LogP contribution in [0.4, 0.5) is 5.69 Å². The fraction of sp³-hybridized carbons (Fsp3) is 0.167. The molecule has 1 aliphatic rings. The molecule has 6 nitrogen and oxygen atoms in total. The van der Waals surface area contributed by atoms with Crippen LogP contribution in [0.1, 0.15) is 0 Å². The molecule has 0 unspecified atom stereocenters. The van der Waals surface area contributed by atoms with Crippen LogP contribution in [0.3, 0.4) is 0 Å². The van der Waals surface area contributed by atoms with Gasteiger partial charge in [-0.3, -0.25) is 4.79 Å². The van der Waals surface area contributed by atoms with Crippen molar-refractivity contribution >= 4 is 5.69 Å². The summed E-state index contributed by atoms with van der Waals surface area (Å²) in [6, 6.07) is 6.47. The zero-order valence-corrected chi connectivity index (χ0v) is 9.47. The fourth-order valence-electron chi connectivity index (χ4n) is 1.94. The molecular weight excluding hydrogens is 234 g/mol. The minimum atomic E-state index is -0.459. The highest BCUT2D eigenvalue weighted by atomic mass is 16.5. The number of aromatic amines is 1. The Hall–Kier alpha value is -2.50. The van der Waals surface area contributed by atoms with Gasteiger partial charge >= 0.3 is 5.69 Å². The van der Waals surface area contributed by atoms with E-state index in [-0.39, 0.29) is 5.56 Å². The second kappa shape index (κ2) is 4.06. The lowest BCUT2D eigenvalue weighted by Crippen LogP contribution is -2.32. The molecule has 0 bridgehead atoms. The van der Waals surface area contributed by atoms with Crippen LogP contribution in [0.25, 0.3) is 5.69 Å². The number of anilines is 1. The normalized spacial score (nSPS) is 13.3. The van der Waals surface area contributed by atoms with Crippen LogP contribution >= 0.6 is 0 Å². The maximum absolute atomic E-state index is 11.7. The number of nitrogens with zero attached hydrogens (tertiary/aromatic N) is 1. The molecule has 0 fully saturated rings. The topological polar surface area (TPSA) is 76.1 Å². The lowest BCUT2D eigenvalue weighted by molar-refractivity contribution is 0.323. The Morgan fingerprint density at radius 3 is 2.94 bits per heavy atom. The Morgan fingerprint density at radius 2 is 2.11 bits per heavy atom. The van der Waals surface area contributed by atoms with Gasteiger partial charge in [-0.2, -0.15) is 0 Å². The van der Waals surface area contributed by atoms with E-state index in [1.807, 2.05) is 0 Å². The van der Waals surface area contributed by atoms with Gasteiger partial charge in [0, 0.05) is 18.8 Å². The number of nitrogens with one attached hydrogen (secondary N) is 2. The number of ether oxygens (including phenoxy) is 1. The summed E-state index contributed by atoms with van der Waals surface area (Å²) in [6.07, 6.45) is 1.33. The molecule has 0 spiro atoms. The zero-order chi connectivity index (χ0) is 12.5. The molecular formula is C12H11N3O3. The molecule has 0 amide bonds. The van der Waals surface area contributed by atoms with Gasteiger partial charge in [0.1, 0.15) is 12.4 Å². The molecule has 0 saturated heterocycles. The van der Waals surface area contributed by atoms with Gasteiger partial charge in [0.15, 0.2) is 0 Å². The van der Waals surface area contributed by atoms with Crippen LogP contribution in [0.5, 0.6) is 5.75 Å². The number of H-pyrrole nitrogens is 1. The van der Waals surface area contributed by atoms with Gasteiger partial charge in [0.25, 0.3) is 5.56 Å². The number of aromatic nitrogens is 2. The molecule has 0 radical (unpaired) electrons. The van der Waals surface area contributed by atoms with Crippen molar-refractivity contribution in [3.8, 4) is 11.4 Å². The smallest absolute Gasteiger partial charge is 0.332 e. The molecule has 2 heterocycles. The van der Waals surface area contributed by atoms with Gasteiger partial charge in [-0.25, -0.2) is 9.36 Å². The van der Waals surface area contributed by atoms with Crippen molar-refractivity contribution in [1.82, 2.24) is 9.55 Å². The van der Waals surface area contributed by atoms with Gasteiger partial charge in [0.05, 0.1) is 11.4 Å². The number of hydrogen-bond donors (Lipinski definition) is 2. The van der Waals surface area contributed by atoms with Gasteiger partial charge < -0.3 is 15.0 Å². The second-order valence-electron chi connectivity index (χ2n) is 3.91. The van der Waals surface area contributed by atoms with Crippen LogP contribution in [0.15, 0.2) is 40.1 Å². The van der Waals surface area contributed by atoms with Crippen LogP contribution in [-0.2, 0) is 0 Å². The van der Waals surface area contributed by atoms with Gasteiger partial charge in [-0.15, -0.1) is 0 Å². The quantitative estimate of drug-likeness (QED) is 0.759. The molecule has 3 rings (SSSR count). The van der Waals surface area contributed by atoms with E-state index in [4.69, 9.17) is 4.74 Å². The van der Waals surface area contributed by atoms with E-state index in [0.29, 0.717) is 18.8 Å². The average molecular weight is 245 g/mol. The molecule has 0 saturated carbocycles.